The van der Waals surface area contributed by atoms with Gasteiger partial charge in [0.05, 0.1) is 11.6 Å². The lowest BCUT2D eigenvalue weighted by Crippen LogP contribution is -2.23. The second-order valence-electron chi connectivity index (χ2n) is 6.25. The van der Waals surface area contributed by atoms with E-state index in [1.165, 1.54) is 18.2 Å². The lowest BCUT2D eigenvalue weighted by atomic mass is 10.2. The van der Waals surface area contributed by atoms with Gasteiger partial charge in [-0.3, -0.25) is 14.5 Å². The molecule has 0 atom stereocenters. The molecule has 0 aliphatic carbocycles. The van der Waals surface area contributed by atoms with Crippen molar-refractivity contribution in [2.45, 2.75) is 18.4 Å². The molecule has 3 aromatic rings. The van der Waals surface area contributed by atoms with Crippen molar-refractivity contribution in [3.05, 3.63) is 83.1 Å². The van der Waals surface area contributed by atoms with Gasteiger partial charge in [-0.2, -0.15) is 0 Å². The Bertz CT molecular complexity index is 1120. The van der Waals surface area contributed by atoms with Crippen LogP contribution in [0.15, 0.2) is 71.9 Å². The Morgan fingerprint density at radius 3 is 2.43 bits per heavy atom. The van der Waals surface area contributed by atoms with Crippen LogP contribution in [0.25, 0.3) is 0 Å². The molecule has 0 unspecified atom stereocenters. The molecule has 1 heterocycles. The minimum absolute atomic E-state index is 0.0131. The van der Waals surface area contributed by atoms with Gasteiger partial charge in [-0.25, -0.2) is 8.42 Å². The number of hydrogen-bond acceptors (Lipinski definition) is 5. The maximum atomic E-state index is 12.8. The molecular formula is C21H20ClN3O4S. The van der Waals surface area contributed by atoms with E-state index in [0.717, 1.165) is 5.56 Å². The average Bonchev–Trinajstić information content (AvgIpc) is 2.74. The van der Waals surface area contributed by atoms with Gasteiger partial charge in [0.1, 0.15) is 10.6 Å². The highest BCUT2D eigenvalue weighted by molar-refractivity contribution is 7.92. The Labute approximate surface area is 180 Å². The number of ether oxygens (including phenoxy) is 1. The maximum Gasteiger partial charge on any atom is 0.263 e. The van der Waals surface area contributed by atoms with Crippen molar-refractivity contribution < 1.29 is 17.9 Å². The third kappa shape index (κ3) is 5.49. The number of anilines is 1. The number of aromatic nitrogens is 1. The van der Waals surface area contributed by atoms with Crippen LogP contribution < -0.4 is 14.8 Å². The summed E-state index contributed by atoms with van der Waals surface area (Å²) in [6.45, 7) is 2.66. The molecule has 156 valence electrons. The zero-order valence-corrected chi connectivity index (χ0v) is 17.7. The first-order valence-corrected chi connectivity index (χ1v) is 11.0. The third-order valence-electron chi connectivity index (χ3n) is 4.10. The zero-order valence-electron chi connectivity index (χ0n) is 16.1. The van der Waals surface area contributed by atoms with Gasteiger partial charge in [0.25, 0.3) is 15.9 Å². The Kier molecular flexibility index (Phi) is 6.91. The van der Waals surface area contributed by atoms with E-state index in [4.69, 9.17) is 16.3 Å². The fourth-order valence-electron chi connectivity index (χ4n) is 2.63. The van der Waals surface area contributed by atoms with Gasteiger partial charge in [-0.15, -0.1) is 0 Å². The minimum Gasteiger partial charge on any atom is -0.494 e. The van der Waals surface area contributed by atoms with Gasteiger partial charge in [-0.1, -0.05) is 11.6 Å². The Hall–Kier alpha value is -3.10. The molecule has 3 rings (SSSR count). The van der Waals surface area contributed by atoms with E-state index in [2.05, 4.69) is 15.0 Å². The van der Waals surface area contributed by atoms with E-state index >= 15 is 0 Å². The first-order valence-electron chi connectivity index (χ1n) is 9.11. The highest BCUT2D eigenvalue weighted by Crippen LogP contribution is 2.26. The van der Waals surface area contributed by atoms with Gasteiger partial charge in [0.15, 0.2) is 0 Å². The van der Waals surface area contributed by atoms with E-state index < -0.39 is 15.9 Å². The summed E-state index contributed by atoms with van der Waals surface area (Å²) in [6, 6.07) is 14.1. The van der Waals surface area contributed by atoms with Crippen LogP contribution in [0.5, 0.6) is 5.75 Å². The highest BCUT2D eigenvalue weighted by Gasteiger charge is 2.20. The molecule has 2 N–H and O–H groups in total. The van der Waals surface area contributed by atoms with Crippen LogP contribution >= 0.6 is 11.6 Å². The molecule has 9 heteroatoms. The van der Waals surface area contributed by atoms with Crippen molar-refractivity contribution in [1.29, 1.82) is 0 Å². The lowest BCUT2D eigenvalue weighted by Gasteiger charge is -2.12. The second-order valence-corrected chi connectivity index (χ2v) is 8.30. The number of amides is 1. The Balaban J connectivity index is 1.76. The van der Waals surface area contributed by atoms with Crippen molar-refractivity contribution in [3.63, 3.8) is 0 Å². The number of halogens is 1. The molecule has 0 radical (unpaired) electrons. The molecule has 0 bridgehead atoms. The summed E-state index contributed by atoms with van der Waals surface area (Å²) >= 11 is 6.11. The molecule has 7 nitrogen and oxygen atoms in total. The van der Waals surface area contributed by atoms with Crippen molar-refractivity contribution in [2.24, 2.45) is 0 Å². The largest absolute Gasteiger partial charge is 0.494 e. The quantitative estimate of drug-likeness (QED) is 0.548. The number of nitrogens with zero attached hydrogens (tertiary/aromatic N) is 1. The summed E-state index contributed by atoms with van der Waals surface area (Å²) in [5.41, 5.74) is 1.40. The summed E-state index contributed by atoms with van der Waals surface area (Å²) in [6.07, 6.45) is 3.25. The number of sulfonamides is 1. The van der Waals surface area contributed by atoms with E-state index in [0.29, 0.717) is 18.0 Å². The van der Waals surface area contributed by atoms with Crippen molar-refractivity contribution in [1.82, 2.24) is 10.3 Å². The molecule has 0 aliphatic rings. The summed E-state index contributed by atoms with van der Waals surface area (Å²) in [4.78, 5) is 16.2. The molecule has 0 spiro atoms. The predicted molar refractivity (Wildman–Crippen MR) is 115 cm³/mol. The number of pyridine rings is 1. The molecule has 0 aliphatic heterocycles. The first kappa shape index (κ1) is 21.6. The topological polar surface area (TPSA) is 97.4 Å². The smallest absolute Gasteiger partial charge is 0.263 e. The molecule has 0 saturated heterocycles. The van der Waals surface area contributed by atoms with Crippen LogP contribution in [0, 0.1) is 0 Å². The van der Waals surface area contributed by atoms with Crippen molar-refractivity contribution in [2.75, 3.05) is 11.3 Å². The molecular weight excluding hydrogens is 426 g/mol. The summed E-state index contributed by atoms with van der Waals surface area (Å²) < 4.78 is 33.5. The van der Waals surface area contributed by atoms with Crippen molar-refractivity contribution >= 4 is 33.2 Å². The normalized spacial score (nSPS) is 11.0. The molecule has 30 heavy (non-hydrogen) atoms. The van der Waals surface area contributed by atoms with E-state index in [-0.39, 0.29) is 22.0 Å². The minimum atomic E-state index is -4.00. The van der Waals surface area contributed by atoms with Gasteiger partial charge in [0, 0.05) is 30.2 Å². The van der Waals surface area contributed by atoms with Crippen LogP contribution in [0.1, 0.15) is 22.8 Å². The van der Waals surface area contributed by atoms with E-state index in [9.17, 15) is 13.2 Å². The summed E-state index contributed by atoms with van der Waals surface area (Å²) in [7, 11) is -4.00. The standard InChI is InChI=1S/C21H20ClN3O4S/c1-2-29-18-6-4-17(5-7-18)25-30(27,28)20-13-16(3-8-19(20)22)21(26)24-14-15-9-11-23-12-10-15/h3-13,25H,2,14H2,1H3,(H,24,26). The first-order chi connectivity index (χ1) is 14.4. The Morgan fingerprint density at radius 2 is 1.77 bits per heavy atom. The lowest BCUT2D eigenvalue weighted by molar-refractivity contribution is 0.0950. The third-order valence-corrected chi connectivity index (χ3v) is 5.97. The number of rotatable bonds is 8. The molecule has 1 aromatic heterocycles. The van der Waals surface area contributed by atoms with Gasteiger partial charge >= 0.3 is 0 Å². The fourth-order valence-corrected chi connectivity index (χ4v) is 4.22. The number of carbonyl (C=O) groups excluding carboxylic acids is 1. The van der Waals surface area contributed by atoms with Crippen LogP contribution in [0.3, 0.4) is 0 Å². The number of hydrogen-bond donors (Lipinski definition) is 2. The summed E-state index contributed by atoms with van der Waals surface area (Å²) in [5, 5.41) is 2.76. The number of carbonyl (C=O) groups is 1. The van der Waals surface area contributed by atoms with Crippen LogP contribution in [-0.2, 0) is 16.6 Å². The fraction of sp³-hybridized carbons (Fsp3) is 0.143. The molecule has 0 fully saturated rings. The maximum absolute atomic E-state index is 12.8. The monoisotopic (exact) mass is 445 g/mol. The SMILES string of the molecule is CCOc1ccc(NS(=O)(=O)c2cc(C(=O)NCc3ccncc3)ccc2Cl)cc1. The predicted octanol–water partition coefficient (Wildman–Crippen LogP) is 3.86. The zero-order chi connectivity index (χ0) is 21.6. The second kappa shape index (κ2) is 9.60. The molecule has 2 aromatic carbocycles. The van der Waals surface area contributed by atoms with Crippen LogP contribution in [-0.4, -0.2) is 25.9 Å². The van der Waals surface area contributed by atoms with E-state index in [1.54, 1.807) is 48.8 Å². The summed E-state index contributed by atoms with van der Waals surface area (Å²) in [5.74, 6) is 0.215. The highest BCUT2D eigenvalue weighted by atomic mass is 35.5. The van der Waals surface area contributed by atoms with Gasteiger partial charge in [0.2, 0.25) is 0 Å². The van der Waals surface area contributed by atoms with Crippen LogP contribution in [0.4, 0.5) is 5.69 Å². The number of nitrogens with one attached hydrogen (secondary N) is 2. The van der Waals surface area contributed by atoms with Gasteiger partial charge < -0.3 is 10.1 Å². The Morgan fingerprint density at radius 1 is 1.07 bits per heavy atom. The van der Waals surface area contributed by atoms with Crippen molar-refractivity contribution in [3.8, 4) is 5.75 Å². The van der Waals surface area contributed by atoms with E-state index in [1.807, 2.05) is 6.92 Å². The van der Waals surface area contributed by atoms with Crippen LogP contribution in [0.2, 0.25) is 5.02 Å². The number of benzene rings is 2. The average molecular weight is 446 g/mol. The molecule has 0 saturated carbocycles. The van der Waals surface area contributed by atoms with Gasteiger partial charge in [-0.05, 0) is 67.1 Å². The molecule has 1 amide bonds.